The summed E-state index contributed by atoms with van der Waals surface area (Å²) in [5.41, 5.74) is 6.89. The lowest BCUT2D eigenvalue weighted by molar-refractivity contribution is -0.114. The Morgan fingerprint density at radius 3 is 2.67 bits per heavy atom. The van der Waals surface area contributed by atoms with Gasteiger partial charge in [0.2, 0.25) is 5.91 Å². The minimum Gasteiger partial charge on any atom is -0.423 e. The smallest absolute Gasteiger partial charge is 0.423 e. The van der Waals surface area contributed by atoms with Gasteiger partial charge in [-0.25, -0.2) is 0 Å². The highest BCUT2D eigenvalue weighted by atomic mass is 16.4. The highest BCUT2D eigenvalue weighted by Crippen LogP contribution is 2.07. The van der Waals surface area contributed by atoms with Crippen molar-refractivity contribution in [2.24, 2.45) is 5.73 Å². The monoisotopic (exact) mass is 208 g/mol. The third kappa shape index (κ3) is 3.05. The molecule has 0 unspecified atom stereocenters. The molecule has 15 heavy (non-hydrogen) atoms. The number of anilines is 1. The molecule has 0 spiro atoms. The SMILES string of the molecule is CC(=O)Nc1ccc(CN)c(B(O)O)c1. The maximum absolute atomic E-state index is 10.8. The largest absolute Gasteiger partial charge is 0.488 e. The molecule has 0 atom stereocenters. The van der Waals surface area contributed by atoms with Gasteiger partial charge in [-0.15, -0.1) is 0 Å². The van der Waals surface area contributed by atoms with Crippen LogP contribution < -0.4 is 16.5 Å². The van der Waals surface area contributed by atoms with Crippen molar-refractivity contribution in [1.82, 2.24) is 0 Å². The second-order valence-corrected chi connectivity index (χ2v) is 3.17. The Labute approximate surface area is 88.1 Å². The maximum atomic E-state index is 10.8. The lowest BCUT2D eigenvalue weighted by atomic mass is 9.76. The Bertz CT molecular complexity index is 368. The van der Waals surface area contributed by atoms with Crippen LogP contribution in [0.5, 0.6) is 0 Å². The zero-order valence-electron chi connectivity index (χ0n) is 8.40. The van der Waals surface area contributed by atoms with E-state index in [4.69, 9.17) is 15.8 Å². The molecule has 1 aromatic carbocycles. The van der Waals surface area contributed by atoms with Gasteiger partial charge in [0.25, 0.3) is 0 Å². The van der Waals surface area contributed by atoms with Crippen molar-refractivity contribution in [2.45, 2.75) is 13.5 Å². The minimum absolute atomic E-state index is 0.214. The average molecular weight is 208 g/mol. The third-order valence-electron chi connectivity index (χ3n) is 1.96. The molecule has 1 amide bonds. The summed E-state index contributed by atoms with van der Waals surface area (Å²) < 4.78 is 0. The Kier molecular flexibility index (Phi) is 3.84. The van der Waals surface area contributed by atoms with Crippen LogP contribution in [0.3, 0.4) is 0 Å². The van der Waals surface area contributed by atoms with E-state index in [1.807, 2.05) is 0 Å². The first-order valence-corrected chi connectivity index (χ1v) is 4.51. The van der Waals surface area contributed by atoms with Crippen molar-refractivity contribution < 1.29 is 14.8 Å². The molecule has 0 aliphatic rings. The molecule has 0 bridgehead atoms. The topological polar surface area (TPSA) is 95.6 Å². The first-order valence-electron chi connectivity index (χ1n) is 4.51. The van der Waals surface area contributed by atoms with Crippen LogP contribution in [0.2, 0.25) is 0 Å². The standard InChI is InChI=1S/C9H13BN2O3/c1-6(13)12-8-3-2-7(5-11)9(4-8)10(14)15/h2-4,14-15H,5,11H2,1H3,(H,12,13). The fourth-order valence-electron chi connectivity index (χ4n) is 1.30. The predicted octanol–water partition coefficient (Wildman–Crippen LogP) is -1.22. The fourth-order valence-corrected chi connectivity index (χ4v) is 1.30. The van der Waals surface area contributed by atoms with Gasteiger partial charge in [0, 0.05) is 19.2 Å². The van der Waals surface area contributed by atoms with E-state index in [-0.39, 0.29) is 12.5 Å². The highest BCUT2D eigenvalue weighted by molar-refractivity contribution is 6.59. The van der Waals surface area contributed by atoms with E-state index >= 15 is 0 Å². The van der Waals surface area contributed by atoms with Crippen LogP contribution in [-0.2, 0) is 11.3 Å². The van der Waals surface area contributed by atoms with Gasteiger partial charge in [-0.2, -0.15) is 0 Å². The lowest BCUT2D eigenvalue weighted by Crippen LogP contribution is -2.34. The molecule has 5 N–H and O–H groups in total. The predicted molar refractivity (Wildman–Crippen MR) is 58.5 cm³/mol. The number of carbonyl (C=O) groups is 1. The molecule has 0 aliphatic heterocycles. The Morgan fingerprint density at radius 2 is 2.20 bits per heavy atom. The van der Waals surface area contributed by atoms with Gasteiger partial charge in [-0.05, 0) is 23.2 Å². The van der Waals surface area contributed by atoms with Gasteiger partial charge in [-0.3, -0.25) is 4.79 Å². The Balaban J connectivity index is 3.04. The number of carbonyl (C=O) groups excluding carboxylic acids is 1. The summed E-state index contributed by atoms with van der Waals surface area (Å²) in [4.78, 5) is 10.8. The molecule has 1 aromatic rings. The molecule has 0 radical (unpaired) electrons. The highest BCUT2D eigenvalue weighted by Gasteiger charge is 2.15. The van der Waals surface area contributed by atoms with Gasteiger partial charge in [0.1, 0.15) is 0 Å². The Hall–Kier alpha value is -1.37. The van der Waals surface area contributed by atoms with Gasteiger partial charge in [-0.1, -0.05) is 6.07 Å². The van der Waals surface area contributed by atoms with E-state index in [0.29, 0.717) is 16.7 Å². The van der Waals surface area contributed by atoms with Gasteiger partial charge in [0.05, 0.1) is 0 Å². The minimum atomic E-state index is -1.59. The molecule has 1 rings (SSSR count). The summed E-state index contributed by atoms with van der Waals surface area (Å²) >= 11 is 0. The summed E-state index contributed by atoms with van der Waals surface area (Å²) in [5, 5.41) is 20.7. The van der Waals surface area contributed by atoms with Crippen LogP contribution in [0.15, 0.2) is 18.2 Å². The van der Waals surface area contributed by atoms with E-state index in [2.05, 4.69) is 5.32 Å². The second-order valence-electron chi connectivity index (χ2n) is 3.17. The van der Waals surface area contributed by atoms with Crippen LogP contribution in [0.25, 0.3) is 0 Å². The first kappa shape index (κ1) is 11.7. The fraction of sp³-hybridized carbons (Fsp3) is 0.222. The van der Waals surface area contributed by atoms with E-state index in [0.717, 1.165) is 0 Å². The van der Waals surface area contributed by atoms with E-state index in [9.17, 15) is 4.79 Å². The molecule has 0 aromatic heterocycles. The van der Waals surface area contributed by atoms with E-state index < -0.39 is 7.12 Å². The van der Waals surface area contributed by atoms with Crippen LogP contribution in [-0.4, -0.2) is 23.1 Å². The summed E-state index contributed by atoms with van der Waals surface area (Å²) in [6.45, 7) is 1.60. The molecule has 0 heterocycles. The summed E-state index contributed by atoms with van der Waals surface area (Å²) in [6.07, 6.45) is 0. The molecule has 80 valence electrons. The number of amides is 1. The van der Waals surface area contributed by atoms with Crippen LogP contribution in [0.4, 0.5) is 5.69 Å². The zero-order chi connectivity index (χ0) is 11.4. The summed E-state index contributed by atoms with van der Waals surface area (Å²) in [7, 11) is -1.59. The normalized spacial score (nSPS) is 9.87. The molecule has 0 aliphatic carbocycles. The van der Waals surface area contributed by atoms with Crippen molar-refractivity contribution in [3.05, 3.63) is 23.8 Å². The maximum Gasteiger partial charge on any atom is 0.488 e. The van der Waals surface area contributed by atoms with Crippen LogP contribution in [0, 0.1) is 0 Å². The van der Waals surface area contributed by atoms with E-state index in [1.165, 1.54) is 13.0 Å². The molecular formula is C9H13BN2O3. The lowest BCUT2D eigenvalue weighted by Gasteiger charge is -2.09. The number of rotatable bonds is 3. The quantitative estimate of drug-likeness (QED) is 0.468. The van der Waals surface area contributed by atoms with Gasteiger partial charge in [0.15, 0.2) is 0 Å². The van der Waals surface area contributed by atoms with Crippen molar-refractivity contribution in [1.29, 1.82) is 0 Å². The number of benzene rings is 1. The average Bonchev–Trinajstić information content (AvgIpc) is 2.16. The number of nitrogens with two attached hydrogens (primary N) is 1. The van der Waals surface area contributed by atoms with Crippen LogP contribution in [0.1, 0.15) is 12.5 Å². The molecule has 0 saturated carbocycles. The molecular weight excluding hydrogens is 195 g/mol. The summed E-state index contributed by atoms with van der Waals surface area (Å²) in [6, 6.07) is 4.81. The molecule has 0 saturated heterocycles. The van der Waals surface area contributed by atoms with E-state index in [1.54, 1.807) is 12.1 Å². The molecule has 0 fully saturated rings. The van der Waals surface area contributed by atoms with Crippen molar-refractivity contribution in [3.63, 3.8) is 0 Å². The van der Waals surface area contributed by atoms with Crippen LogP contribution >= 0.6 is 0 Å². The number of nitrogens with one attached hydrogen (secondary N) is 1. The van der Waals surface area contributed by atoms with Crippen molar-refractivity contribution in [3.8, 4) is 0 Å². The van der Waals surface area contributed by atoms with Gasteiger partial charge < -0.3 is 21.1 Å². The molecule has 5 nitrogen and oxygen atoms in total. The van der Waals surface area contributed by atoms with Crippen molar-refractivity contribution in [2.75, 3.05) is 5.32 Å². The molecule has 6 heteroatoms. The number of hydrogen-bond donors (Lipinski definition) is 4. The van der Waals surface area contributed by atoms with Gasteiger partial charge >= 0.3 is 7.12 Å². The summed E-state index contributed by atoms with van der Waals surface area (Å²) in [5.74, 6) is -0.214. The third-order valence-corrected chi connectivity index (χ3v) is 1.96. The Morgan fingerprint density at radius 1 is 1.53 bits per heavy atom. The number of hydrogen-bond acceptors (Lipinski definition) is 4. The van der Waals surface area contributed by atoms with Crippen molar-refractivity contribution >= 4 is 24.2 Å². The first-order chi connectivity index (χ1) is 7.04. The zero-order valence-corrected chi connectivity index (χ0v) is 8.40. The second kappa shape index (κ2) is 4.93.